The Kier molecular flexibility index (Phi) is 5.53. The Balaban J connectivity index is 3.23. The van der Waals surface area contributed by atoms with E-state index in [0.717, 1.165) is 0 Å². The molecule has 1 rings (SSSR count). The molecule has 1 aromatic carbocycles. The van der Waals surface area contributed by atoms with Crippen LogP contribution in [-0.4, -0.2) is 19.2 Å². The predicted octanol–water partition coefficient (Wildman–Crippen LogP) is 3.67. The molecular formula is C12H13BrF2O3. The molecule has 0 aliphatic carbocycles. The van der Waals surface area contributed by atoms with Gasteiger partial charge in [-0.3, -0.25) is 0 Å². The van der Waals surface area contributed by atoms with Crippen LogP contribution >= 0.6 is 15.9 Å². The number of esters is 1. The summed E-state index contributed by atoms with van der Waals surface area (Å²) >= 11 is 3.16. The van der Waals surface area contributed by atoms with Gasteiger partial charge in [0.2, 0.25) is 0 Å². The first kappa shape index (κ1) is 14.9. The lowest BCUT2D eigenvalue weighted by atomic mass is 10.0. The van der Waals surface area contributed by atoms with Gasteiger partial charge in [0.15, 0.2) is 0 Å². The monoisotopic (exact) mass is 322 g/mol. The van der Waals surface area contributed by atoms with Gasteiger partial charge in [-0.05, 0) is 31.5 Å². The molecule has 0 aliphatic rings. The van der Waals surface area contributed by atoms with Gasteiger partial charge in [-0.15, -0.1) is 0 Å². The molecule has 0 saturated heterocycles. The van der Waals surface area contributed by atoms with Crippen molar-refractivity contribution in [3.05, 3.63) is 28.8 Å². The number of aryl methyl sites for hydroxylation is 1. The van der Waals surface area contributed by atoms with Gasteiger partial charge in [-0.25, -0.2) is 4.79 Å². The predicted molar refractivity (Wildman–Crippen MR) is 66.4 cm³/mol. The van der Waals surface area contributed by atoms with Crippen LogP contribution in [-0.2, 0) is 10.1 Å². The summed E-state index contributed by atoms with van der Waals surface area (Å²) in [5, 5.41) is 0.226. The second-order valence-electron chi connectivity index (χ2n) is 3.52. The van der Waals surface area contributed by atoms with E-state index in [4.69, 9.17) is 4.74 Å². The Bertz CT molecular complexity index is 436. The highest BCUT2D eigenvalue weighted by Gasteiger charge is 2.19. The van der Waals surface area contributed by atoms with Gasteiger partial charge in [0.25, 0.3) is 0 Å². The Hall–Kier alpha value is -1.17. The lowest BCUT2D eigenvalue weighted by Gasteiger charge is -2.14. The highest BCUT2D eigenvalue weighted by Crippen LogP contribution is 2.29. The number of carbonyl (C=O) groups is 1. The van der Waals surface area contributed by atoms with Crippen LogP contribution < -0.4 is 4.74 Å². The van der Waals surface area contributed by atoms with Crippen LogP contribution in [0.25, 0.3) is 0 Å². The number of hydrogen-bond donors (Lipinski definition) is 0. The minimum Gasteiger partial charge on any atom is -0.462 e. The average Bonchev–Trinajstić information content (AvgIpc) is 2.27. The summed E-state index contributed by atoms with van der Waals surface area (Å²) < 4.78 is 33.9. The van der Waals surface area contributed by atoms with Crippen LogP contribution in [0.1, 0.15) is 28.4 Å². The fourth-order valence-electron chi connectivity index (χ4n) is 1.51. The van der Waals surface area contributed by atoms with Crippen molar-refractivity contribution in [3.63, 3.8) is 0 Å². The van der Waals surface area contributed by atoms with Gasteiger partial charge in [0.1, 0.15) is 5.75 Å². The standard InChI is InChI=1S/C12H13BrF2O3/c1-3-17-11(16)8-4-7(2)5-10(9(8)6-13)18-12(14)15/h4-5,12H,3,6H2,1-2H3. The maximum absolute atomic E-state index is 12.3. The summed E-state index contributed by atoms with van der Waals surface area (Å²) in [7, 11) is 0. The number of rotatable bonds is 5. The van der Waals surface area contributed by atoms with E-state index in [1.807, 2.05) is 0 Å². The van der Waals surface area contributed by atoms with Crippen LogP contribution in [0.5, 0.6) is 5.75 Å². The largest absolute Gasteiger partial charge is 0.462 e. The lowest BCUT2D eigenvalue weighted by molar-refractivity contribution is -0.0504. The molecule has 0 fully saturated rings. The molecule has 0 N–H and O–H groups in total. The first-order valence-corrected chi connectivity index (χ1v) is 6.43. The molecule has 3 nitrogen and oxygen atoms in total. The number of halogens is 3. The summed E-state index contributed by atoms with van der Waals surface area (Å²) in [4.78, 5) is 11.7. The Morgan fingerprint density at radius 1 is 1.44 bits per heavy atom. The second kappa shape index (κ2) is 6.68. The molecule has 0 bridgehead atoms. The second-order valence-corrected chi connectivity index (χ2v) is 4.08. The Morgan fingerprint density at radius 2 is 2.11 bits per heavy atom. The normalized spacial score (nSPS) is 10.6. The smallest absolute Gasteiger partial charge is 0.387 e. The van der Waals surface area contributed by atoms with Crippen molar-refractivity contribution in [1.82, 2.24) is 0 Å². The van der Waals surface area contributed by atoms with Gasteiger partial charge >= 0.3 is 12.6 Å². The molecule has 18 heavy (non-hydrogen) atoms. The van der Waals surface area contributed by atoms with Crippen molar-refractivity contribution in [2.75, 3.05) is 6.61 Å². The van der Waals surface area contributed by atoms with Crippen LogP contribution in [0.4, 0.5) is 8.78 Å². The van der Waals surface area contributed by atoms with E-state index >= 15 is 0 Å². The molecule has 0 amide bonds. The fraction of sp³-hybridized carbons (Fsp3) is 0.417. The lowest BCUT2D eigenvalue weighted by Crippen LogP contribution is -2.11. The third kappa shape index (κ3) is 3.66. The fourth-order valence-corrected chi connectivity index (χ4v) is 2.09. The van der Waals surface area contributed by atoms with Gasteiger partial charge in [-0.2, -0.15) is 8.78 Å². The molecular weight excluding hydrogens is 310 g/mol. The van der Waals surface area contributed by atoms with Gasteiger partial charge in [0, 0.05) is 10.9 Å². The zero-order chi connectivity index (χ0) is 13.7. The van der Waals surface area contributed by atoms with E-state index < -0.39 is 12.6 Å². The molecule has 100 valence electrons. The van der Waals surface area contributed by atoms with E-state index in [1.54, 1.807) is 19.9 Å². The van der Waals surface area contributed by atoms with E-state index in [0.29, 0.717) is 11.1 Å². The number of alkyl halides is 3. The zero-order valence-corrected chi connectivity index (χ0v) is 11.6. The van der Waals surface area contributed by atoms with Crippen molar-refractivity contribution < 1.29 is 23.0 Å². The summed E-state index contributed by atoms with van der Waals surface area (Å²) in [5.41, 5.74) is 1.25. The highest BCUT2D eigenvalue weighted by atomic mass is 79.9. The molecule has 0 heterocycles. The van der Waals surface area contributed by atoms with Crippen LogP contribution in [0.15, 0.2) is 12.1 Å². The van der Waals surface area contributed by atoms with Crippen molar-refractivity contribution in [2.24, 2.45) is 0 Å². The molecule has 0 atom stereocenters. The third-order valence-electron chi connectivity index (χ3n) is 2.20. The van der Waals surface area contributed by atoms with Crippen molar-refractivity contribution in [2.45, 2.75) is 25.8 Å². The first-order chi connectivity index (χ1) is 8.49. The Morgan fingerprint density at radius 3 is 2.61 bits per heavy atom. The summed E-state index contributed by atoms with van der Waals surface area (Å²) in [5.74, 6) is -0.556. The Labute approximate surface area is 112 Å². The topological polar surface area (TPSA) is 35.5 Å². The molecule has 0 spiro atoms. The molecule has 0 radical (unpaired) electrons. The zero-order valence-electron chi connectivity index (χ0n) is 10.0. The molecule has 1 aromatic rings. The van der Waals surface area contributed by atoms with E-state index in [9.17, 15) is 13.6 Å². The highest BCUT2D eigenvalue weighted by molar-refractivity contribution is 9.08. The summed E-state index contributed by atoms with van der Waals surface area (Å²) in [6, 6.07) is 3.05. The summed E-state index contributed by atoms with van der Waals surface area (Å²) in [6.07, 6.45) is 0. The number of ether oxygens (including phenoxy) is 2. The quantitative estimate of drug-likeness (QED) is 0.613. The maximum atomic E-state index is 12.3. The molecule has 0 saturated carbocycles. The van der Waals surface area contributed by atoms with Gasteiger partial charge in [-0.1, -0.05) is 15.9 Å². The van der Waals surface area contributed by atoms with Crippen LogP contribution in [0.3, 0.4) is 0 Å². The van der Waals surface area contributed by atoms with Crippen LogP contribution in [0, 0.1) is 6.92 Å². The van der Waals surface area contributed by atoms with Gasteiger partial charge < -0.3 is 9.47 Å². The molecule has 6 heteroatoms. The van der Waals surface area contributed by atoms with E-state index in [1.165, 1.54) is 6.07 Å². The minimum atomic E-state index is -2.93. The molecule has 0 unspecified atom stereocenters. The van der Waals surface area contributed by atoms with Gasteiger partial charge in [0.05, 0.1) is 12.2 Å². The molecule has 0 aromatic heterocycles. The number of hydrogen-bond acceptors (Lipinski definition) is 3. The van der Waals surface area contributed by atoms with E-state index in [-0.39, 0.29) is 23.2 Å². The molecule has 0 aliphatic heterocycles. The summed E-state index contributed by atoms with van der Waals surface area (Å²) in [6.45, 7) is 0.663. The maximum Gasteiger partial charge on any atom is 0.387 e. The van der Waals surface area contributed by atoms with Crippen molar-refractivity contribution in [3.8, 4) is 5.75 Å². The third-order valence-corrected chi connectivity index (χ3v) is 2.76. The average molecular weight is 323 g/mol. The SMILES string of the molecule is CCOC(=O)c1cc(C)cc(OC(F)F)c1CBr. The van der Waals surface area contributed by atoms with Crippen molar-refractivity contribution >= 4 is 21.9 Å². The number of benzene rings is 1. The van der Waals surface area contributed by atoms with Crippen LogP contribution in [0.2, 0.25) is 0 Å². The minimum absolute atomic E-state index is 0.00933. The van der Waals surface area contributed by atoms with E-state index in [2.05, 4.69) is 20.7 Å². The van der Waals surface area contributed by atoms with Crippen molar-refractivity contribution in [1.29, 1.82) is 0 Å². The number of carbonyl (C=O) groups excluding carboxylic acids is 1. The first-order valence-electron chi connectivity index (χ1n) is 5.31.